The van der Waals surface area contributed by atoms with Crippen LogP contribution < -0.4 is 15.8 Å². The van der Waals surface area contributed by atoms with E-state index in [1.54, 1.807) is 26.3 Å². The number of guanidine groups is 1. The topological polar surface area (TPSA) is 115 Å². The lowest BCUT2D eigenvalue weighted by Crippen LogP contribution is -2.39. The summed E-state index contributed by atoms with van der Waals surface area (Å²) in [7, 11) is -0.278. The third kappa shape index (κ3) is 10.9. The Morgan fingerprint density at radius 1 is 1.12 bits per heavy atom. The van der Waals surface area contributed by atoms with E-state index in [9.17, 15) is 8.42 Å². The number of rotatable bonds is 11. The number of aliphatic imine (C=N–C) groups is 1. The van der Waals surface area contributed by atoms with Crippen molar-refractivity contribution in [3.05, 3.63) is 29.8 Å². The Morgan fingerprint density at radius 3 is 2.35 bits per heavy atom. The van der Waals surface area contributed by atoms with Crippen LogP contribution in [0.4, 0.5) is 0 Å². The van der Waals surface area contributed by atoms with Crippen LogP contribution in [0, 0.1) is 0 Å². The molecule has 0 unspecified atom stereocenters. The van der Waals surface area contributed by atoms with Gasteiger partial charge in [0, 0.05) is 33.9 Å². The Balaban J connectivity index is 0.00000625. The van der Waals surface area contributed by atoms with Crippen molar-refractivity contribution in [2.24, 2.45) is 10.1 Å². The van der Waals surface area contributed by atoms with Crippen molar-refractivity contribution >= 4 is 40.0 Å². The molecular weight excluding hydrogens is 471 g/mol. The molecule has 0 atom stereocenters. The monoisotopic (exact) mass is 500 g/mol. The molecule has 8 nitrogen and oxygen atoms in total. The smallest absolute Gasteiger partial charge is 0.238 e. The molecule has 0 saturated heterocycles. The molecule has 26 heavy (non-hydrogen) atoms. The summed E-state index contributed by atoms with van der Waals surface area (Å²) >= 11 is 0. The molecule has 1 aromatic carbocycles. The van der Waals surface area contributed by atoms with Gasteiger partial charge in [-0.3, -0.25) is 4.99 Å². The molecule has 0 aromatic heterocycles. The summed E-state index contributed by atoms with van der Waals surface area (Å²) in [6.45, 7) is 3.32. The van der Waals surface area contributed by atoms with Crippen LogP contribution in [-0.2, 0) is 25.9 Å². The van der Waals surface area contributed by atoms with Gasteiger partial charge in [-0.25, -0.2) is 13.6 Å². The van der Waals surface area contributed by atoms with Crippen LogP contribution in [0.1, 0.15) is 12.0 Å². The molecule has 150 valence electrons. The van der Waals surface area contributed by atoms with Gasteiger partial charge in [0.2, 0.25) is 10.0 Å². The van der Waals surface area contributed by atoms with E-state index in [0.717, 1.165) is 30.9 Å². The average molecular weight is 500 g/mol. The predicted molar refractivity (Wildman–Crippen MR) is 114 cm³/mol. The van der Waals surface area contributed by atoms with Gasteiger partial charge in [0.15, 0.2) is 5.96 Å². The quantitative estimate of drug-likeness (QED) is 0.179. The fourth-order valence-electron chi connectivity index (χ4n) is 2.02. The summed E-state index contributed by atoms with van der Waals surface area (Å²) < 4.78 is 32.7. The molecule has 0 radical (unpaired) electrons. The van der Waals surface area contributed by atoms with E-state index in [-0.39, 0.29) is 28.9 Å². The summed E-state index contributed by atoms with van der Waals surface area (Å²) in [5, 5.41) is 11.5. The molecule has 0 spiro atoms. The molecule has 0 bridgehead atoms. The number of benzene rings is 1. The lowest BCUT2D eigenvalue weighted by atomic mass is 10.1. The third-order valence-electron chi connectivity index (χ3n) is 3.37. The minimum absolute atomic E-state index is 0. The molecule has 10 heteroatoms. The van der Waals surface area contributed by atoms with E-state index in [4.69, 9.17) is 14.6 Å². The van der Waals surface area contributed by atoms with Gasteiger partial charge in [-0.1, -0.05) is 12.1 Å². The average Bonchev–Trinajstić information content (AvgIpc) is 2.59. The number of hydrogen-bond acceptors (Lipinski definition) is 5. The SMILES string of the molecule is CN=C(NCCCOCCOC)NCCc1ccc(S(N)(=O)=O)cc1.I. The standard InChI is InChI=1S/C16H28N4O4S.HI/c1-18-16(19-9-3-11-24-13-12-23-2)20-10-8-14-4-6-15(7-5-14)25(17,21)22;/h4-7H,3,8-13H2,1-2H3,(H2,17,21,22)(H2,18,19,20);1H. The van der Waals surface area contributed by atoms with E-state index >= 15 is 0 Å². The number of methoxy groups -OCH3 is 1. The van der Waals surface area contributed by atoms with Crippen molar-refractivity contribution in [3.63, 3.8) is 0 Å². The maximum absolute atomic E-state index is 11.2. The first-order valence-corrected chi connectivity index (χ1v) is 9.65. The van der Waals surface area contributed by atoms with E-state index in [1.807, 2.05) is 0 Å². The first-order chi connectivity index (χ1) is 12.0. The Kier molecular flexibility index (Phi) is 13.6. The first-order valence-electron chi connectivity index (χ1n) is 8.10. The summed E-state index contributed by atoms with van der Waals surface area (Å²) in [5.74, 6) is 0.720. The molecular formula is C16H29IN4O4S. The molecule has 0 heterocycles. The molecule has 0 saturated carbocycles. The lowest BCUT2D eigenvalue weighted by Gasteiger charge is -2.12. The van der Waals surface area contributed by atoms with Crippen LogP contribution in [0.15, 0.2) is 34.2 Å². The molecule has 0 aliphatic heterocycles. The van der Waals surface area contributed by atoms with Gasteiger partial charge < -0.3 is 20.1 Å². The van der Waals surface area contributed by atoms with Crippen LogP contribution in [0.3, 0.4) is 0 Å². The molecule has 4 N–H and O–H groups in total. The van der Waals surface area contributed by atoms with Crippen LogP contribution >= 0.6 is 24.0 Å². The second-order valence-corrected chi connectivity index (χ2v) is 6.88. The number of sulfonamides is 1. The zero-order valence-electron chi connectivity index (χ0n) is 15.2. The second kappa shape index (κ2) is 14.2. The Labute approximate surface area is 173 Å². The van der Waals surface area contributed by atoms with Gasteiger partial charge in [-0.05, 0) is 30.5 Å². The maximum atomic E-state index is 11.2. The van der Waals surface area contributed by atoms with E-state index < -0.39 is 10.0 Å². The molecule has 0 aliphatic rings. The number of nitrogens with zero attached hydrogens (tertiary/aromatic N) is 1. The van der Waals surface area contributed by atoms with Gasteiger partial charge in [0.1, 0.15) is 0 Å². The Hall–Kier alpha value is -0.950. The van der Waals surface area contributed by atoms with Crippen LogP contribution in [0.2, 0.25) is 0 Å². The van der Waals surface area contributed by atoms with Gasteiger partial charge >= 0.3 is 0 Å². The largest absolute Gasteiger partial charge is 0.382 e. The number of nitrogens with one attached hydrogen (secondary N) is 2. The lowest BCUT2D eigenvalue weighted by molar-refractivity contribution is 0.0698. The fourth-order valence-corrected chi connectivity index (χ4v) is 2.53. The molecule has 0 amide bonds. The zero-order valence-corrected chi connectivity index (χ0v) is 18.4. The van der Waals surface area contributed by atoms with Crippen molar-refractivity contribution in [2.75, 3.05) is 47.1 Å². The fraction of sp³-hybridized carbons (Fsp3) is 0.562. The van der Waals surface area contributed by atoms with E-state index in [2.05, 4.69) is 15.6 Å². The van der Waals surface area contributed by atoms with Crippen LogP contribution in [0.25, 0.3) is 0 Å². The predicted octanol–water partition coefficient (Wildman–Crippen LogP) is 0.713. The first kappa shape index (κ1) is 25.1. The number of ether oxygens (including phenoxy) is 2. The van der Waals surface area contributed by atoms with Crippen LogP contribution in [0.5, 0.6) is 0 Å². The van der Waals surface area contributed by atoms with Gasteiger partial charge in [-0.15, -0.1) is 24.0 Å². The highest BCUT2D eigenvalue weighted by molar-refractivity contribution is 14.0. The number of nitrogens with two attached hydrogens (primary N) is 1. The summed E-state index contributed by atoms with van der Waals surface area (Å²) in [6.07, 6.45) is 1.62. The van der Waals surface area contributed by atoms with E-state index in [1.165, 1.54) is 12.1 Å². The van der Waals surface area contributed by atoms with Crippen molar-refractivity contribution in [3.8, 4) is 0 Å². The minimum atomic E-state index is -3.64. The molecule has 0 fully saturated rings. The van der Waals surface area contributed by atoms with Crippen molar-refractivity contribution < 1.29 is 17.9 Å². The van der Waals surface area contributed by atoms with Crippen molar-refractivity contribution in [1.29, 1.82) is 0 Å². The number of primary sulfonamides is 1. The highest BCUT2D eigenvalue weighted by atomic mass is 127. The maximum Gasteiger partial charge on any atom is 0.238 e. The number of hydrogen-bond donors (Lipinski definition) is 3. The van der Waals surface area contributed by atoms with E-state index in [0.29, 0.717) is 26.4 Å². The van der Waals surface area contributed by atoms with Crippen molar-refractivity contribution in [1.82, 2.24) is 10.6 Å². The zero-order chi connectivity index (χ0) is 18.5. The molecule has 1 rings (SSSR count). The minimum Gasteiger partial charge on any atom is -0.382 e. The normalized spacial score (nSPS) is 11.7. The Morgan fingerprint density at radius 2 is 1.77 bits per heavy atom. The summed E-state index contributed by atoms with van der Waals surface area (Å²) in [4.78, 5) is 4.27. The highest BCUT2D eigenvalue weighted by Crippen LogP contribution is 2.08. The summed E-state index contributed by atoms with van der Waals surface area (Å²) in [5.41, 5.74) is 1.02. The van der Waals surface area contributed by atoms with Crippen molar-refractivity contribution in [2.45, 2.75) is 17.7 Å². The van der Waals surface area contributed by atoms with Gasteiger partial charge in [0.05, 0.1) is 18.1 Å². The highest BCUT2D eigenvalue weighted by Gasteiger charge is 2.06. The van der Waals surface area contributed by atoms with Gasteiger partial charge in [0.25, 0.3) is 0 Å². The molecule has 0 aliphatic carbocycles. The van der Waals surface area contributed by atoms with Gasteiger partial charge in [-0.2, -0.15) is 0 Å². The third-order valence-corrected chi connectivity index (χ3v) is 4.30. The Bertz CT molecular complexity index is 624. The number of halogens is 1. The van der Waals surface area contributed by atoms with Crippen LogP contribution in [-0.4, -0.2) is 61.4 Å². The second-order valence-electron chi connectivity index (χ2n) is 5.32. The summed E-state index contributed by atoms with van der Waals surface area (Å²) in [6, 6.07) is 6.55. The molecule has 1 aromatic rings.